The summed E-state index contributed by atoms with van der Waals surface area (Å²) in [6.07, 6.45) is 0. The first-order valence-electron chi connectivity index (χ1n) is 6.16. The Labute approximate surface area is 123 Å². The molecule has 3 nitrogen and oxygen atoms in total. The number of halogens is 1. The zero-order chi connectivity index (χ0) is 14.5. The molecule has 0 N–H and O–H groups in total. The highest BCUT2D eigenvalue weighted by molar-refractivity contribution is 6.17. The summed E-state index contributed by atoms with van der Waals surface area (Å²) >= 11 is 5.87. The minimum atomic E-state index is -0.352. The topological polar surface area (TPSA) is 35.5 Å². The number of esters is 1. The van der Waals surface area contributed by atoms with Gasteiger partial charge in [-0.3, -0.25) is 0 Å². The van der Waals surface area contributed by atoms with Gasteiger partial charge in [-0.15, -0.1) is 11.6 Å². The van der Waals surface area contributed by atoms with Gasteiger partial charge in [-0.1, -0.05) is 18.2 Å². The largest absolute Gasteiger partial charge is 0.465 e. The van der Waals surface area contributed by atoms with Crippen LogP contribution in [-0.4, -0.2) is 13.1 Å². The molecule has 0 radical (unpaired) electrons. The van der Waals surface area contributed by atoms with Crippen LogP contribution in [0.4, 0.5) is 0 Å². The van der Waals surface area contributed by atoms with Gasteiger partial charge in [-0.2, -0.15) is 0 Å². The summed E-state index contributed by atoms with van der Waals surface area (Å²) in [5, 5.41) is 0. The van der Waals surface area contributed by atoms with Crippen molar-refractivity contribution in [2.24, 2.45) is 0 Å². The monoisotopic (exact) mass is 290 g/mol. The molecule has 2 rings (SSSR count). The summed E-state index contributed by atoms with van der Waals surface area (Å²) in [5.74, 6) is 1.41. The molecule has 0 amide bonds. The van der Waals surface area contributed by atoms with Crippen LogP contribution in [0, 0.1) is 6.92 Å². The SMILES string of the molecule is COC(=O)c1ccc(Oc2ccccc2CCl)cc1C. The summed E-state index contributed by atoms with van der Waals surface area (Å²) in [4.78, 5) is 11.5. The van der Waals surface area contributed by atoms with Crippen LogP contribution in [0.25, 0.3) is 0 Å². The Morgan fingerprint density at radius 2 is 1.95 bits per heavy atom. The lowest BCUT2D eigenvalue weighted by Gasteiger charge is -2.11. The van der Waals surface area contributed by atoms with Crippen molar-refractivity contribution in [3.8, 4) is 11.5 Å². The first kappa shape index (κ1) is 14.4. The lowest BCUT2D eigenvalue weighted by atomic mass is 10.1. The van der Waals surface area contributed by atoms with Crippen molar-refractivity contribution < 1.29 is 14.3 Å². The highest BCUT2D eigenvalue weighted by Gasteiger charge is 2.10. The highest BCUT2D eigenvalue weighted by atomic mass is 35.5. The molecule has 0 heterocycles. The number of hydrogen-bond donors (Lipinski definition) is 0. The maximum atomic E-state index is 11.5. The number of rotatable bonds is 4. The van der Waals surface area contributed by atoms with E-state index in [1.54, 1.807) is 18.2 Å². The van der Waals surface area contributed by atoms with Gasteiger partial charge in [0.15, 0.2) is 0 Å². The van der Waals surface area contributed by atoms with Gasteiger partial charge in [0, 0.05) is 5.56 Å². The zero-order valence-corrected chi connectivity index (χ0v) is 12.1. The van der Waals surface area contributed by atoms with Gasteiger partial charge in [0.2, 0.25) is 0 Å². The quantitative estimate of drug-likeness (QED) is 0.621. The van der Waals surface area contributed by atoms with Gasteiger partial charge >= 0.3 is 5.97 Å². The Kier molecular flexibility index (Phi) is 4.64. The molecule has 0 saturated carbocycles. The molecule has 104 valence electrons. The van der Waals surface area contributed by atoms with Crippen LogP contribution < -0.4 is 4.74 Å². The van der Waals surface area contributed by atoms with Crippen molar-refractivity contribution in [1.82, 2.24) is 0 Å². The second-order valence-corrected chi connectivity index (χ2v) is 4.58. The Hall–Kier alpha value is -2.00. The fourth-order valence-electron chi connectivity index (χ4n) is 1.88. The van der Waals surface area contributed by atoms with Gasteiger partial charge in [0.1, 0.15) is 11.5 Å². The minimum absolute atomic E-state index is 0.352. The molecule has 0 saturated heterocycles. The second kappa shape index (κ2) is 6.44. The maximum absolute atomic E-state index is 11.5. The smallest absolute Gasteiger partial charge is 0.338 e. The lowest BCUT2D eigenvalue weighted by Crippen LogP contribution is -2.03. The van der Waals surface area contributed by atoms with Crippen LogP contribution in [0.5, 0.6) is 11.5 Å². The average molecular weight is 291 g/mol. The highest BCUT2D eigenvalue weighted by Crippen LogP contribution is 2.27. The summed E-state index contributed by atoms with van der Waals surface area (Å²) in [6.45, 7) is 1.84. The Morgan fingerprint density at radius 1 is 1.20 bits per heavy atom. The normalized spacial score (nSPS) is 10.2. The maximum Gasteiger partial charge on any atom is 0.338 e. The van der Waals surface area contributed by atoms with E-state index in [0.717, 1.165) is 11.1 Å². The molecular weight excluding hydrogens is 276 g/mol. The van der Waals surface area contributed by atoms with Gasteiger partial charge < -0.3 is 9.47 Å². The van der Waals surface area contributed by atoms with Crippen LogP contribution in [0.3, 0.4) is 0 Å². The molecule has 4 heteroatoms. The van der Waals surface area contributed by atoms with Crippen molar-refractivity contribution in [2.75, 3.05) is 7.11 Å². The number of methoxy groups -OCH3 is 1. The van der Waals surface area contributed by atoms with E-state index in [1.165, 1.54) is 7.11 Å². The molecule has 0 spiro atoms. The molecule has 0 aliphatic rings. The third-order valence-electron chi connectivity index (χ3n) is 2.95. The molecule has 0 fully saturated rings. The Balaban J connectivity index is 2.27. The molecule has 0 aliphatic heterocycles. The molecule has 20 heavy (non-hydrogen) atoms. The molecular formula is C16H15ClO3. The minimum Gasteiger partial charge on any atom is -0.465 e. The first-order valence-corrected chi connectivity index (χ1v) is 6.70. The number of benzene rings is 2. The van der Waals surface area contributed by atoms with E-state index in [4.69, 9.17) is 21.1 Å². The third-order valence-corrected chi connectivity index (χ3v) is 3.24. The molecule has 0 bridgehead atoms. The number of carbonyl (C=O) groups excluding carboxylic acids is 1. The molecule has 0 unspecified atom stereocenters. The number of ether oxygens (including phenoxy) is 2. The van der Waals surface area contributed by atoms with Gasteiger partial charge in [-0.05, 0) is 36.8 Å². The second-order valence-electron chi connectivity index (χ2n) is 4.31. The number of hydrogen-bond acceptors (Lipinski definition) is 3. The average Bonchev–Trinajstić information content (AvgIpc) is 2.47. The molecule has 0 atom stereocenters. The summed E-state index contributed by atoms with van der Waals surface area (Å²) < 4.78 is 10.5. The standard InChI is InChI=1S/C16H15ClO3/c1-11-9-13(7-8-14(11)16(18)19-2)20-15-6-4-3-5-12(15)10-17/h3-9H,10H2,1-2H3. The Bertz CT molecular complexity index is 623. The molecule has 0 aromatic heterocycles. The van der Waals surface area contributed by atoms with Crippen LogP contribution in [-0.2, 0) is 10.6 Å². The van der Waals surface area contributed by atoms with Crippen molar-refractivity contribution >= 4 is 17.6 Å². The van der Waals surface area contributed by atoms with Crippen molar-refractivity contribution in [3.63, 3.8) is 0 Å². The van der Waals surface area contributed by atoms with Crippen molar-refractivity contribution in [3.05, 3.63) is 59.2 Å². The summed E-state index contributed by atoms with van der Waals surface area (Å²) in [5.41, 5.74) is 2.26. The van der Waals surface area contributed by atoms with E-state index in [2.05, 4.69) is 0 Å². The van der Waals surface area contributed by atoms with Crippen molar-refractivity contribution in [2.45, 2.75) is 12.8 Å². The predicted octanol–water partition coefficient (Wildman–Crippen LogP) is 4.31. The number of carbonyl (C=O) groups is 1. The molecule has 2 aromatic carbocycles. The van der Waals surface area contributed by atoms with Crippen LogP contribution in [0.2, 0.25) is 0 Å². The summed E-state index contributed by atoms with van der Waals surface area (Å²) in [6, 6.07) is 12.8. The van der Waals surface area contributed by atoms with Crippen LogP contribution in [0.1, 0.15) is 21.5 Å². The van der Waals surface area contributed by atoms with E-state index in [-0.39, 0.29) is 5.97 Å². The fourth-order valence-corrected chi connectivity index (χ4v) is 2.10. The lowest BCUT2D eigenvalue weighted by molar-refractivity contribution is 0.0600. The van der Waals surface area contributed by atoms with E-state index >= 15 is 0 Å². The molecule has 2 aromatic rings. The van der Waals surface area contributed by atoms with E-state index in [9.17, 15) is 4.79 Å². The van der Waals surface area contributed by atoms with Crippen LogP contribution in [0.15, 0.2) is 42.5 Å². The van der Waals surface area contributed by atoms with E-state index in [0.29, 0.717) is 22.9 Å². The van der Waals surface area contributed by atoms with Gasteiger partial charge in [0.05, 0.1) is 18.6 Å². The first-order chi connectivity index (χ1) is 9.65. The Morgan fingerprint density at radius 3 is 2.60 bits per heavy atom. The summed E-state index contributed by atoms with van der Waals surface area (Å²) in [7, 11) is 1.36. The van der Waals surface area contributed by atoms with Gasteiger partial charge in [0.25, 0.3) is 0 Å². The van der Waals surface area contributed by atoms with Crippen LogP contribution >= 0.6 is 11.6 Å². The fraction of sp³-hybridized carbons (Fsp3) is 0.188. The number of alkyl halides is 1. The predicted molar refractivity (Wildman–Crippen MR) is 78.6 cm³/mol. The molecule has 0 aliphatic carbocycles. The number of aryl methyl sites for hydroxylation is 1. The number of para-hydroxylation sites is 1. The third kappa shape index (κ3) is 3.11. The van der Waals surface area contributed by atoms with E-state index < -0.39 is 0 Å². The van der Waals surface area contributed by atoms with E-state index in [1.807, 2.05) is 31.2 Å². The van der Waals surface area contributed by atoms with Crippen molar-refractivity contribution in [1.29, 1.82) is 0 Å². The van der Waals surface area contributed by atoms with Gasteiger partial charge in [-0.25, -0.2) is 4.79 Å². The zero-order valence-electron chi connectivity index (χ0n) is 11.4.